The molecule has 1 aliphatic carbocycles. The predicted molar refractivity (Wildman–Crippen MR) is 94.2 cm³/mol. The molecule has 136 valence electrons. The average molecular weight is 345 g/mol. The maximum absolute atomic E-state index is 12.1. The Morgan fingerprint density at radius 1 is 1.24 bits per heavy atom. The molecule has 1 spiro atoms. The normalized spacial score (nSPS) is 24.2. The van der Waals surface area contributed by atoms with Crippen molar-refractivity contribution in [1.29, 1.82) is 0 Å². The summed E-state index contributed by atoms with van der Waals surface area (Å²) < 4.78 is 16.8. The fourth-order valence-electron chi connectivity index (χ4n) is 4.76. The summed E-state index contributed by atoms with van der Waals surface area (Å²) in [7, 11) is 0. The minimum atomic E-state index is -0.136. The molecule has 1 atom stereocenters. The van der Waals surface area contributed by atoms with E-state index in [9.17, 15) is 4.79 Å². The molecule has 25 heavy (non-hydrogen) atoms. The summed E-state index contributed by atoms with van der Waals surface area (Å²) in [4.78, 5) is 14.4. The first-order valence-electron chi connectivity index (χ1n) is 9.47. The van der Waals surface area contributed by atoms with Crippen molar-refractivity contribution in [2.75, 3.05) is 32.9 Å². The number of rotatable bonds is 3. The quantitative estimate of drug-likeness (QED) is 0.787. The van der Waals surface area contributed by atoms with Gasteiger partial charge in [-0.25, -0.2) is 0 Å². The third kappa shape index (κ3) is 2.88. The molecular weight excluding hydrogens is 318 g/mol. The zero-order valence-corrected chi connectivity index (χ0v) is 15.2. The first-order valence-corrected chi connectivity index (χ1v) is 9.47. The summed E-state index contributed by atoms with van der Waals surface area (Å²) in [6, 6.07) is 4.53. The molecule has 1 unspecified atom stereocenters. The van der Waals surface area contributed by atoms with E-state index in [0.717, 1.165) is 18.0 Å². The Hall–Kier alpha value is -1.75. The number of esters is 1. The fourth-order valence-corrected chi connectivity index (χ4v) is 4.76. The molecule has 3 aliphatic rings. The molecule has 0 aromatic heterocycles. The molecule has 0 N–H and O–H groups in total. The van der Waals surface area contributed by atoms with Gasteiger partial charge in [-0.3, -0.25) is 9.69 Å². The third-order valence-corrected chi connectivity index (χ3v) is 5.99. The molecule has 4 rings (SSSR count). The van der Waals surface area contributed by atoms with Gasteiger partial charge in [0, 0.05) is 18.0 Å². The van der Waals surface area contributed by atoms with Crippen LogP contribution in [0, 0.1) is 0 Å². The maximum Gasteiger partial charge on any atom is 0.320 e. The largest absolute Gasteiger partial charge is 0.486 e. The number of ether oxygens (including phenoxy) is 3. The Balaban J connectivity index is 1.73. The van der Waals surface area contributed by atoms with E-state index in [1.165, 1.54) is 36.8 Å². The number of carbonyl (C=O) groups is 1. The van der Waals surface area contributed by atoms with Gasteiger partial charge in [-0.15, -0.1) is 0 Å². The second kappa shape index (κ2) is 6.52. The molecule has 2 heterocycles. The molecule has 1 aromatic rings. The number of hydrogen-bond donors (Lipinski definition) is 0. The van der Waals surface area contributed by atoms with Crippen LogP contribution in [0.2, 0.25) is 0 Å². The molecule has 0 saturated heterocycles. The van der Waals surface area contributed by atoms with Crippen molar-refractivity contribution in [3.05, 3.63) is 23.3 Å². The summed E-state index contributed by atoms with van der Waals surface area (Å²) in [5.41, 5.74) is 2.81. The van der Waals surface area contributed by atoms with Crippen LogP contribution in [0.1, 0.15) is 56.7 Å². The van der Waals surface area contributed by atoms with Gasteiger partial charge in [0.1, 0.15) is 13.2 Å². The van der Waals surface area contributed by atoms with E-state index in [0.29, 0.717) is 26.4 Å². The fraction of sp³-hybridized carbons (Fsp3) is 0.650. The van der Waals surface area contributed by atoms with Crippen molar-refractivity contribution < 1.29 is 19.0 Å². The average Bonchev–Trinajstić information content (AvgIpc) is 3.08. The van der Waals surface area contributed by atoms with Crippen LogP contribution in [0.15, 0.2) is 12.1 Å². The standard InChI is InChI=1S/C20H27NO4/c1-3-23-19(22)12-21-13-20(6-4-5-7-20)16-11-18-17(24-8-9-25-18)10-15(16)14(21)2/h10-11,14H,3-9,12-13H2,1-2H3. The highest BCUT2D eigenvalue weighted by atomic mass is 16.6. The summed E-state index contributed by atoms with van der Waals surface area (Å²) in [5.74, 6) is 1.58. The number of benzene rings is 1. The lowest BCUT2D eigenvalue weighted by molar-refractivity contribution is -0.145. The van der Waals surface area contributed by atoms with Gasteiger partial charge in [-0.2, -0.15) is 0 Å². The summed E-state index contributed by atoms with van der Waals surface area (Å²) in [6.07, 6.45) is 4.84. The molecule has 1 fully saturated rings. The van der Waals surface area contributed by atoms with E-state index in [4.69, 9.17) is 14.2 Å². The van der Waals surface area contributed by atoms with E-state index < -0.39 is 0 Å². The van der Waals surface area contributed by atoms with Crippen molar-refractivity contribution in [3.8, 4) is 11.5 Å². The maximum atomic E-state index is 12.1. The van der Waals surface area contributed by atoms with Crippen LogP contribution < -0.4 is 9.47 Å². The monoisotopic (exact) mass is 345 g/mol. The lowest BCUT2D eigenvalue weighted by Crippen LogP contribution is -2.48. The highest BCUT2D eigenvalue weighted by molar-refractivity contribution is 5.72. The zero-order valence-electron chi connectivity index (χ0n) is 15.2. The van der Waals surface area contributed by atoms with Gasteiger partial charge in [0.25, 0.3) is 0 Å². The van der Waals surface area contributed by atoms with Crippen LogP contribution >= 0.6 is 0 Å². The molecule has 0 bridgehead atoms. The summed E-state index contributed by atoms with van der Waals surface area (Å²) in [6.45, 7) is 6.94. The van der Waals surface area contributed by atoms with Crippen LogP contribution in [0.25, 0.3) is 0 Å². The van der Waals surface area contributed by atoms with Gasteiger partial charge in [0.15, 0.2) is 11.5 Å². The van der Waals surface area contributed by atoms with Crippen LogP contribution in [0.3, 0.4) is 0 Å². The van der Waals surface area contributed by atoms with Crippen molar-refractivity contribution in [2.45, 2.75) is 51.0 Å². The Morgan fingerprint density at radius 2 is 1.92 bits per heavy atom. The van der Waals surface area contributed by atoms with E-state index in [1.807, 2.05) is 6.92 Å². The third-order valence-electron chi connectivity index (χ3n) is 5.99. The molecule has 2 aliphatic heterocycles. The molecule has 1 aromatic carbocycles. The van der Waals surface area contributed by atoms with Crippen molar-refractivity contribution in [1.82, 2.24) is 4.90 Å². The van der Waals surface area contributed by atoms with Gasteiger partial charge in [-0.1, -0.05) is 12.8 Å². The van der Waals surface area contributed by atoms with Gasteiger partial charge in [0.2, 0.25) is 0 Å². The number of hydrogen-bond acceptors (Lipinski definition) is 5. The van der Waals surface area contributed by atoms with E-state index in [1.54, 1.807) is 0 Å². The lowest BCUT2D eigenvalue weighted by atomic mass is 9.71. The van der Waals surface area contributed by atoms with Crippen LogP contribution in [-0.4, -0.2) is 43.8 Å². The van der Waals surface area contributed by atoms with Crippen LogP contribution in [0.4, 0.5) is 0 Å². The van der Waals surface area contributed by atoms with Gasteiger partial charge in [-0.05, 0) is 49.9 Å². The molecule has 5 nitrogen and oxygen atoms in total. The molecule has 1 saturated carbocycles. The minimum absolute atomic E-state index is 0.129. The number of fused-ring (bicyclic) bond motifs is 3. The summed E-state index contributed by atoms with van der Waals surface area (Å²) >= 11 is 0. The van der Waals surface area contributed by atoms with E-state index >= 15 is 0 Å². The summed E-state index contributed by atoms with van der Waals surface area (Å²) in [5, 5.41) is 0. The smallest absolute Gasteiger partial charge is 0.320 e. The second-order valence-electron chi connectivity index (χ2n) is 7.46. The second-order valence-corrected chi connectivity index (χ2v) is 7.46. The Labute approximate surface area is 149 Å². The van der Waals surface area contributed by atoms with Crippen LogP contribution in [-0.2, 0) is 14.9 Å². The SMILES string of the molecule is CCOC(=O)CN1CC2(CCCC2)c2cc3c(cc2C1C)OCCO3. The first-order chi connectivity index (χ1) is 12.1. The predicted octanol–water partition coefficient (Wildman–Crippen LogP) is 3.21. The Bertz CT molecular complexity index is 666. The highest BCUT2D eigenvalue weighted by Gasteiger charge is 2.45. The van der Waals surface area contributed by atoms with E-state index in [-0.39, 0.29) is 17.4 Å². The van der Waals surface area contributed by atoms with Crippen molar-refractivity contribution in [2.24, 2.45) is 0 Å². The number of nitrogens with zero attached hydrogens (tertiary/aromatic N) is 1. The Morgan fingerprint density at radius 3 is 2.60 bits per heavy atom. The topological polar surface area (TPSA) is 48.0 Å². The highest BCUT2D eigenvalue weighted by Crippen LogP contribution is 2.51. The molecule has 5 heteroatoms. The molecule has 0 amide bonds. The lowest BCUT2D eigenvalue weighted by Gasteiger charge is -2.46. The van der Waals surface area contributed by atoms with Crippen molar-refractivity contribution in [3.63, 3.8) is 0 Å². The van der Waals surface area contributed by atoms with Crippen molar-refractivity contribution >= 4 is 5.97 Å². The Kier molecular flexibility index (Phi) is 4.36. The zero-order chi connectivity index (χ0) is 17.4. The van der Waals surface area contributed by atoms with Gasteiger partial charge >= 0.3 is 5.97 Å². The molecular formula is C20H27NO4. The number of carbonyl (C=O) groups excluding carboxylic acids is 1. The minimum Gasteiger partial charge on any atom is -0.486 e. The van der Waals surface area contributed by atoms with Gasteiger partial charge < -0.3 is 14.2 Å². The first kappa shape index (κ1) is 16.7. The molecule has 0 radical (unpaired) electrons. The van der Waals surface area contributed by atoms with Crippen LogP contribution in [0.5, 0.6) is 11.5 Å². The van der Waals surface area contributed by atoms with Gasteiger partial charge in [0.05, 0.1) is 13.2 Å². The van der Waals surface area contributed by atoms with E-state index in [2.05, 4.69) is 24.0 Å².